The molecule has 0 saturated carbocycles. The molecule has 220 valence electrons. The van der Waals surface area contributed by atoms with Crippen LogP contribution in [0, 0.1) is 0 Å². The van der Waals surface area contributed by atoms with Gasteiger partial charge in [0.2, 0.25) is 17.7 Å². The topological polar surface area (TPSA) is 207 Å². The molecular weight excluding hydrogens is 550 g/mol. The standard InChI is InChI=1S/C28H35N5O7S/c1-41-11-10-22(28(39)40)31-26(37)23(12-16-6-8-18(35)9-7-16)32-27(38)24(15-34)33-25(36)20(29)13-17-14-30-21-5-3-2-4-19(17)21/h2-9,14,20,22-24,30,34-35H,10-13,15,29H2,1H3,(H,31,37)(H,32,38)(H,33,36)(H,39,40). The number of aromatic amines is 1. The number of amides is 3. The van der Waals surface area contributed by atoms with Crippen LogP contribution < -0.4 is 21.7 Å². The Kier molecular flexibility index (Phi) is 11.6. The third-order valence-electron chi connectivity index (χ3n) is 6.50. The lowest BCUT2D eigenvalue weighted by Crippen LogP contribution is -2.58. The lowest BCUT2D eigenvalue weighted by atomic mass is 10.0. The van der Waals surface area contributed by atoms with Crippen molar-refractivity contribution in [3.05, 3.63) is 65.9 Å². The van der Waals surface area contributed by atoms with E-state index in [1.165, 1.54) is 23.9 Å². The number of carbonyl (C=O) groups is 4. The number of phenolic OH excluding ortho intramolecular Hbond substituents is 1. The van der Waals surface area contributed by atoms with E-state index in [1.54, 1.807) is 18.3 Å². The number of benzene rings is 2. The molecule has 13 heteroatoms. The average molecular weight is 586 g/mol. The van der Waals surface area contributed by atoms with E-state index in [2.05, 4.69) is 20.9 Å². The molecule has 9 N–H and O–H groups in total. The zero-order valence-electron chi connectivity index (χ0n) is 22.5. The highest BCUT2D eigenvalue weighted by atomic mass is 32.2. The molecular formula is C28H35N5O7S. The van der Waals surface area contributed by atoms with E-state index in [0.29, 0.717) is 11.3 Å². The van der Waals surface area contributed by atoms with Gasteiger partial charge in [-0.3, -0.25) is 14.4 Å². The predicted octanol–water partition coefficient (Wildman–Crippen LogP) is 0.270. The fourth-order valence-electron chi connectivity index (χ4n) is 4.22. The number of carbonyl (C=O) groups excluding carboxylic acids is 3. The number of carboxylic acids is 1. The van der Waals surface area contributed by atoms with Gasteiger partial charge >= 0.3 is 5.97 Å². The molecule has 4 atom stereocenters. The minimum Gasteiger partial charge on any atom is -0.508 e. The molecule has 0 fully saturated rings. The van der Waals surface area contributed by atoms with Crippen molar-refractivity contribution in [3.8, 4) is 5.75 Å². The maximum atomic E-state index is 13.1. The lowest BCUT2D eigenvalue weighted by molar-refractivity contribution is -0.142. The number of fused-ring (bicyclic) bond motifs is 1. The largest absolute Gasteiger partial charge is 0.508 e. The average Bonchev–Trinajstić information content (AvgIpc) is 3.36. The lowest BCUT2D eigenvalue weighted by Gasteiger charge is -2.24. The summed E-state index contributed by atoms with van der Waals surface area (Å²) in [6.07, 6.45) is 3.87. The first-order valence-corrected chi connectivity index (χ1v) is 14.3. The molecule has 3 amide bonds. The van der Waals surface area contributed by atoms with Gasteiger partial charge in [0.25, 0.3) is 0 Å². The van der Waals surface area contributed by atoms with Crippen molar-refractivity contribution in [1.29, 1.82) is 0 Å². The Labute approximate surface area is 241 Å². The molecule has 3 aromatic rings. The van der Waals surface area contributed by atoms with Gasteiger partial charge in [-0.05, 0) is 54.2 Å². The highest BCUT2D eigenvalue weighted by Gasteiger charge is 2.30. The van der Waals surface area contributed by atoms with Crippen LogP contribution in [0.1, 0.15) is 17.5 Å². The van der Waals surface area contributed by atoms with E-state index in [4.69, 9.17) is 5.73 Å². The van der Waals surface area contributed by atoms with Gasteiger partial charge in [-0.2, -0.15) is 11.8 Å². The van der Waals surface area contributed by atoms with Crippen LogP contribution in [0.5, 0.6) is 5.75 Å². The molecule has 0 spiro atoms. The summed E-state index contributed by atoms with van der Waals surface area (Å²) in [4.78, 5) is 53.9. The summed E-state index contributed by atoms with van der Waals surface area (Å²) in [5, 5.41) is 37.3. The molecule has 41 heavy (non-hydrogen) atoms. The van der Waals surface area contributed by atoms with Gasteiger partial charge in [-0.15, -0.1) is 0 Å². The Hall–Kier alpha value is -4.07. The molecule has 0 radical (unpaired) electrons. The smallest absolute Gasteiger partial charge is 0.326 e. The summed E-state index contributed by atoms with van der Waals surface area (Å²) < 4.78 is 0. The number of rotatable bonds is 15. The zero-order chi connectivity index (χ0) is 29.9. The number of nitrogens with one attached hydrogen (secondary N) is 4. The second-order valence-corrected chi connectivity index (χ2v) is 10.5. The maximum absolute atomic E-state index is 13.1. The molecule has 0 saturated heterocycles. The number of thioether (sulfide) groups is 1. The molecule has 2 aromatic carbocycles. The van der Waals surface area contributed by atoms with Crippen LogP contribution in [-0.2, 0) is 32.0 Å². The van der Waals surface area contributed by atoms with Crippen molar-refractivity contribution in [1.82, 2.24) is 20.9 Å². The van der Waals surface area contributed by atoms with Gasteiger partial charge < -0.3 is 42.0 Å². The number of hydrogen-bond donors (Lipinski definition) is 8. The summed E-state index contributed by atoms with van der Waals surface area (Å²) >= 11 is 1.43. The Morgan fingerprint density at radius 2 is 1.54 bits per heavy atom. The van der Waals surface area contributed by atoms with Crippen molar-refractivity contribution in [2.75, 3.05) is 18.6 Å². The molecule has 0 aliphatic carbocycles. The van der Waals surface area contributed by atoms with Crippen LogP contribution in [0.2, 0.25) is 0 Å². The van der Waals surface area contributed by atoms with E-state index in [9.17, 15) is 34.5 Å². The Morgan fingerprint density at radius 1 is 0.902 bits per heavy atom. The van der Waals surface area contributed by atoms with Crippen molar-refractivity contribution >= 4 is 46.4 Å². The van der Waals surface area contributed by atoms with Gasteiger partial charge in [0, 0.05) is 23.5 Å². The third kappa shape index (κ3) is 8.96. The second-order valence-electron chi connectivity index (χ2n) is 9.53. The normalized spacial score (nSPS) is 14.0. The number of H-pyrrole nitrogens is 1. The van der Waals surface area contributed by atoms with E-state index in [-0.39, 0.29) is 25.0 Å². The van der Waals surface area contributed by atoms with Crippen LogP contribution in [-0.4, -0.2) is 86.8 Å². The fraction of sp³-hybridized carbons (Fsp3) is 0.357. The SMILES string of the molecule is CSCCC(NC(=O)C(Cc1ccc(O)cc1)NC(=O)C(CO)NC(=O)C(N)Cc1c[nH]c2ccccc12)C(=O)O. The summed E-state index contributed by atoms with van der Waals surface area (Å²) in [6, 6.07) is 8.60. The molecule has 12 nitrogen and oxygen atoms in total. The van der Waals surface area contributed by atoms with Gasteiger partial charge in [0.05, 0.1) is 12.6 Å². The maximum Gasteiger partial charge on any atom is 0.326 e. The summed E-state index contributed by atoms with van der Waals surface area (Å²) in [5.41, 5.74) is 8.38. The van der Waals surface area contributed by atoms with E-state index >= 15 is 0 Å². The monoisotopic (exact) mass is 585 g/mol. The van der Waals surface area contributed by atoms with Gasteiger partial charge in [-0.25, -0.2) is 4.79 Å². The summed E-state index contributed by atoms with van der Waals surface area (Å²) in [6.45, 7) is -0.767. The summed E-state index contributed by atoms with van der Waals surface area (Å²) in [7, 11) is 0. The number of aromatic hydroxyl groups is 1. The number of phenols is 1. The Morgan fingerprint density at radius 3 is 2.20 bits per heavy atom. The van der Waals surface area contributed by atoms with E-state index in [0.717, 1.165) is 16.5 Å². The third-order valence-corrected chi connectivity index (χ3v) is 7.15. The van der Waals surface area contributed by atoms with Crippen LogP contribution in [0.3, 0.4) is 0 Å². The van der Waals surface area contributed by atoms with Gasteiger partial charge in [0.15, 0.2) is 0 Å². The van der Waals surface area contributed by atoms with Crippen LogP contribution in [0.15, 0.2) is 54.7 Å². The first-order valence-electron chi connectivity index (χ1n) is 12.9. The number of aromatic nitrogens is 1. The predicted molar refractivity (Wildman–Crippen MR) is 155 cm³/mol. The Bertz CT molecular complexity index is 1350. The molecule has 1 heterocycles. The number of carboxylic acid groups (broad SMARTS) is 1. The van der Waals surface area contributed by atoms with Crippen LogP contribution in [0.25, 0.3) is 10.9 Å². The van der Waals surface area contributed by atoms with Gasteiger partial charge in [0.1, 0.15) is 23.9 Å². The number of aliphatic hydroxyl groups excluding tert-OH is 1. The summed E-state index contributed by atoms with van der Waals surface area (Å²) in [5.74, 6) is -2.99. The molecule has 0 aliphatic heterocycles. The molecule has 4 unspecified atom stereocenters. The zero-order valence-corrected chi connectivity index (χ0v) is 23.3. The van der Waals surface area contributed by atoms with E-state index < -0.39 is 54.5 Å². The number of aliphatic hydroxyl groups is 1. The van der Waals surface area contributed by atoms with Crippen molar-refractivity contribution in [2.45, 2.75) is 43.4 Å². The Balaban J connectivity index is 1.70. The fourth-order valence-corrected chi connectivity index (χ4v) is 4.69. The quantitative estimate of drug-likeness (QED) is 0.123. The number of nitrogens with two attached hydrogens (primary N) is 1. The number of aliphatic carboxylic acids is 1. The van der Waals surface area contributed by atoms with Crippen molar-refractivity contribution in [2.24, 2.45) is 5.73 Å². The second kappa shape index (κ2) is 15.1. The first-order chi connectivity index (χ1) is 19.6. The van der Waals surface area contributed by atoms with Crippen molar-refractivity contribution < 1.29 is 34.5 Å². The number of para-hydroxylation sites is 1. The van der Waals surface area contributed by atoms with E-state index in [1.807, 2.05) is 30.5 Å². The molecule has 1 aromatic heterocycles. The highest BCUT2D eigenvalue weighted by molar-refractivity contribution is 7.98. The molecule has 0 aliphatic rings. The number of hydrogen-bond acceptors (Lipinski definition) is 8. The van der Waals surface area contributed by atoms with Crippen LogP contribution >= 0.6 is 11.8 Å². The van der Waals surface area contributed by atoms with Gasteiger partial charge in [-0.1, -0.05) is 30.3 Å². The van der Waals surface area contributed by atoms with Crippen molar-refractivity contribution in [3.63, 3.8) is 0 Å². The molecule has 0 bridgehead atoms. The minimum absolute atomic E-state index is 0.00817. The highest BCUT2D eigenvalue weighted by Crippen LogP contribution is 2.19. The minimum atomic E-state index is -1.42. The van der Waals surface area contributed by atoms with Crippen LogP contribution in [0.4, 0.5) is 0 Å². The molecule has 3 rings (SSSR count). The first kappa shape index (κ1) is 31.5.